The molecular weight excluding hydrogens is 314 g/mol. The molecule has 0 bridgehead atoms. The summed E-state index contributed by atoms with van der Waals surface area (Å²) in [5, 5.41) is 3.26. The van der Waals surface area contributed by atoms with Crippen molar-refractivity contribution in [1.29, 1.82) is 0 Å². The molecular formula is C17H26ClN3O2. The van der Waals surface area contributed by atoms with Gasteiger partial charge in [0.15, 0.2) is 0 Å². The van der Waals surface area contributed by atoms with Crippen LogP contribution < -0.4 is 5.32 Å². The van der Waals surface area contributed by atoms with Gasteiger partial charge in [-0.1, -0.05) is 0 Å². The Morgan fingerprint density at radius 3 is 2.04 bits per heavy atom. The molecule has 23 heavy (non-hydrogen) atoms. The van der Waals surface area contributed by atoms with Gasteiger partial charge in [0.05, 0.1) is 0 Å². The molecule has 0 saturated carbocycles. The van der Waals surface area contributed by atoms with E-state index in [9.17, 15) is 9.59 Å². The van der Waals surface area contributed by atoms with Gasteiger partial charge in [0, 0.05) is 43.9 Å². The average Bonchev–Trinajstić information content (AvgIpc) is 3.09. The predicted octanol–water partition coefficient (Wildman–Crippen LogP) is 2.02. The molecule has 1 heterocycles. The maximum atomic E-state index is 12.5. The largest absolute Gasteiger partial charge is 0.339 e. The van der Waals surface area contributed by atoms with Crippen LogP contribution in [0.5, 0.6) is 0 Å². The fourth-order valence-electron chi connectivity index (χ4n) is 2.79. The topological polar surface area (TPSA) is 52.7 Å². The third-order valence-electron chi connectivity index (χ3n) is 4.33. The summed E-state index contributed by atoms with van der Waals surface area (Å²) in [5.74, 6) is 0.0212. The van der Waals surface area contributed by atoms with Crippen molar-refractivity contribution in [2.24, 2.45) is 0 Å². The number of hydrogen-bond acceptors (Lipinski definition) is 3. The number of nitrogens with zero attached hydrogens (tertiary/aromatic N) is 2. The molecule has 5 nitrogen and oxygen atoms in total. The van der Waals surface area contributed by atoms with Crippen molar-refractivity contribution in [1.82, 2.24) is 15.1 Å². The Bertz CT molecular complexity index is 523. The lowest BCUT2D eigenvalue weighted by Crippen LogP contribution is -2.38. The van der Waals surface area contributed by atoms with E-state index in [4.69, 9.17) is 0 Å². The van der Waals surface area contributed by atoms with Gasteiger partial charge < -0.3 is 15.1 Å². The lowest BCUT2D eigenvalue weighted by molar-refractivity contribution is 0.0739. The van der Waals surface area contributed by atoms with Crippen LogP contribution in [0, 0.1) is 0 Å². The van der Waals surface area contributed by atoms with Gasteiger partial charge in [-0.25, -0.2) is 0 Å². The first-order chi connectivity index (χ1) is 10.6. The Morgan fingerprint density at radius 2 is 1.61 bits per heavy atom. The molecule has 0 spiro atoms. The predicted molar refractivity (Wildman–Crippen MR) is 94.3 cm³/mol. The van der Waals surface area contributed by atoms with Crippen molar-refractivity contribution in [2.75, 3.05) is 33.2 Å². The molecule has 0 aromatic heterocycles. The number of amides is 2. The van der Waals surface area contributed by atoms with Crippen molar-refractivity contribution in [3.8, 4) is 0 Å². The fourth-order valence-corrected chi connectivity index (χ4v) is 2.79. The maximum absolute atomic E-state index is 12.5. The zero-order valence-corrected chi connectivity index (χ0v) is 14.9. The van der Waals surface area contributed by atoms with Crippen molar-refractivity contribution >= 4 is 24.2 Å². The van der Waals surface area contributed by atoms with E-state index in [2.05, 4.69) is 5.32 Å². The summed E-state index contributed by atoms with van der Waals surface area (Å²) >= 11 is 0. The van der Waals surface area contributed by atoms with Gasteiger partial charge in [0.1, 0.15) is 0 Å². The zero-order chi connectivity index (χ0) is 16.1. The van der Waals surface area contributed by atoms with E-state index < -0.39 is 0 Å². The molecule has 1 aromatic rings. The number of likely N-dealkylation sites (N-methyl/N-ethyl adjacent to an activating group) is 1. The minimum Gasteiger partial charge on any atom is -0.339 e. The van der Waals surface area contributed by atoms with Gasteiger partial charge in [-0.3, -0.25) is 9.59 Å². The molecule has 128 valence electrons. The van der Waals surface area contributed by atoms with Crippen LogP contribution in [0.1, 0.15) is 41.0 Å². The van der Waals surface area contributed by atoms with E-state index in [1.165, 1.54) is 0 Å². The van der Waals surface area contributed by atoms with Crippen LogP contribution in [0.2, 0.25) is 0 Å². The van der Waals surface area contributed by atoms with Gasteiger partial charge in [-0.15, -0.1) is 12.4 Å². The first-order valence-electron chi connectivity index (χ1n) is 7.95. The van der Waals surface area contributed by atoms with Crippen LogP contribution in [0.3, 0.4) is 0 Å². The van der Waals surface area contributed by atoms with E-state index in [0.29, 0.717) is 24.2 Å². The normalized spacial score (nSPS) is 16.6. The number of benzene rings is 1. The minimum absolute atomic E-state index is 0. The quantitative estimate of drug-likeness (QED) is 0.893. The molecule has 0 radical (unpaired) electrons. The van der Waals surface area contributed by atoms with Crippen LogP contribution in [0.15, 0.2) is 24.3 Å². The summed E-state index contributed by atoms with van der Waals surface area (Å²) in [6.07, 6.45) is 0.987. The molecule has 1 N–H and O–H groups in total. The molecule has 1 aromatic carbocycles. The van der Waals surface area contributed by atoms with E-state index in [1.807, 2.05) is 20.9 Å². The second-order valence-electron chi connectivity index (χ2n) is 5.62. The molecule has 0 aliphatic carbocycles. The molecule has 6 heteroatoms. The van der Waals surface area contributed by atoms with Gasteiger partial charge in [-0.2, -0.15) is 0 Å². The highest BCUT2D eigenvalue weighted by atomic mass is 35.5. The number of carbonyl (C=O) groups excluding carboxylic acids is 2. The summed E-state index contributed by atoms with van der Waals surface area (Å²) < 4.78 is 0. The number of carbonyl (C=O) groups is 2. The summed E-state index contributed by atoms with van der Waals surface area (Å²) in [4.78, 5) is 28.3. The average molecular weight is 340 g/mol. The van der Waals surface area contributed by atoms with E-state index in [-0.39, 0.29) is 30.3 Å². The highest BCUT2D eigenvalue weighted by molar-refractivity contribution is 5.97. The van der Waals surface area contributed by atoms with E-state index in [1.54, 1.807) is 34.1 Å². The van der Waals surface area contributed by atoms with Crippen molar-refractivity contribution < 1.29 is 9.59 Å². The van der Waals surface area contributed by atoms with Crippen LogP contribution in [0.25, 0.3) is 0 Å². The second kappa shape index (κ2) is 8.89. The van der Waals surface area contributed by atoms with E-state index >= 15 is 0 Å². The Labute approximate surface area is 144 Å². The first-order valence-corrected chi connectivity index (χ1v) is 7.95. The number of nitrogens with one attached hydrogen (secondary N) is 1. The molecule has 1 aliphatic rings. The molecule has 1 aliphatic heterocycles. The standard InChI is InChI=1S/C17H25N3O2.ClH/c1-4-20(5-2)17(22)14-8-6-13(7-9-14)16(21)19(3)15-10-11-18-12-15;/h6-9,15,18H,4-5,10-12H2,1-3H3;1H. The monoisotopic (exact) mass is 339 g/mol. The van der Waals surface area contributed by atoms with Crippen LogP contribution in [-0.2, 0) is 0 Å². The van der Waals surface area contributed by atoms with Gasteiger partial charge in [0.25, 0.3) is 11.8 Å². The summed E-state index contributed by atoms with van der Waals surface area (Å²) in [7, 11) is 1.84. The summed E-state index contributed by atoms with van der Waals surface area (Å²) in [5.41, 5.74) is 1.26. The number of hydrogen-bond donors (Lipinski definition) is 1. The van der Waals surface area contributed by atoms with Crippen LogP contribution in [-0.4, -0.2) is 60.9 Å². The molecule has 1 atom stereocenters. The second-order valence-corrected chi connectivity index (χ2v) is 5.62. The van der Waals surface area contributed by atoms with Gasteiger partial charge in [0.2, 0.25) is 0 Å². The third-order valence-corrected chi connectivity index (χ3v) is 4.33. The first kappa shape index (κ1) is 19.5. The minimum atomic E-state index is 0. The fraction of sp³-hybridized carbons (Fsp3) is 0.529. The van der Waals surface area contributed by atoms with Gasteiger partial charge >= 0.3 is 0 Å². The lowest BCUT2D eigenvalue weighted by Gasteiger charge is -2.24. The Kier molecular flexibility index (Phi) is 7.52. The molecule has 1 saturated heterocycles. The SMILES string of the molecule is CCN(CC)C(=O)c1ccc(C(=O)N(C)C2CCNC2)cc1.Cl. The Balaban J connectivity index is 0.00000264. The lowest BCUT2D eigenvalue weighted by atomic mass is 10.1. The van der Waals surface area contributed by atoms with Crippen LogP contribution in [0.4, 0.5) is 0 Å². The van der Waals surface area contributed by atoms with Crippen molar-refractivity contribution in [3.05, 3.63) is 35.4 Å². The molecule has 1 fully saturated rings. The third kappa shape index (κ3) is 4.45. The summed E-state index contributed by atoms with van der Waals surface area (Å²) in [6, 6.07) is 7.24. The molecule has 2 rings (SSSR count). The van der Waals surface area contributed by atoms with Crippen molar-refractivity contribution in [2.45, 2.75) is 26.3 Å². The van der Waals surface area contributed by atoms with Crippen molar-refractivity contribution in [3.63, 3.8) is 0 Å². The number of halogens is 1. The summed E-state index contributed by atoms with van der Waals surface area (Å²) in [6.45, 7) is 7.11. The molecule has 1 unspecified atom stereocenters. The highest BCUT2D eigenvalue weighted by Crippen LogP contribution is 2.13. The van der Waals surface area contributed by atoms with E-state index in [0.717, 1.165) is 19.5 Å². The molecule has 2 amide bonds. The Morgan fingerprint density at radius 1 is 1.09 bits per heavy atom. The van der Waals surface area contributed by atoms with Gasteiger partial charge in [-0.05, 0) is 51.1 Å². The number of rotatable bonds is 5. The highest BCUT2D eigenvalue weighted by Gasteiger charge is 2.24. The van der Waals surface area contributed by atoms with Crippen LogP contribution >= 0.6 is 12.4 Å². The zero-order valence-electron chi connectivity index (χ0n) is 14.0. The Hall–Kier alpha value is -1.59. The smallest absolute Gasteiger partial charge is 0.253 e. The maximum Gasteiger partial charge on any atom is 0.253 e.